The summed E-state index contributed by atoms with van der Waals surface area (Å²) in [6.45, 7) is 2.00. The van der Waals surface area contributed by atoms with E-state index < -0.39 is 21.8 Å². The molecule has 128 valence electrons. The summed E-state index contributed by atoms with van der Waals surface area (Å²) in [5.74, 6) is -0.899. The Morgan fingerprint density at radius 1 is 1.52 bits per heavy atom. The van der Waals surface area contributed by atoms with Crippen LogP contribution in [0.3, 0.4) is 0 Å². The van der Waals surface area contributed by atoms with Gasteiger partial charge in [-0.15, -0.1) is 11.8 Å². The van der Waals surface area contributed by atoms with Crippen LogP contribution >= 0.6 is 11.8 Å². The Hall–Kier alpha value is -1.52. The van der Waals surface area contributed by atoms with Gasteiger partial charge in [-0.2, -0.15) is 0 Å². The topological polar surface area (TPSA) is 123 Å². The summed E-state index contributed by atoms with van der Waals surface area (Å²) in [5, 5.41) is 10.5. The maximum atomic E-state index is 12.1. The van der Waals surface area contributed by atoms with E-state index in [1.807, 2.05) is 0 Å². The highest BCUT2D eigenvalue weighted by atomic mass is 32.2. The Balaban J connectivity index is 2.18. The zero-order valence-electron chi connectivity index (χ0n) is 12.6. The number of carboxylic acid groups (broad SMARTS) is 1. The molecule has 2 rings (SSSR count). The molecule has 2 atom stereocenters. The number of pyridine rings is 1. The lowest BCUT2D eigenvalue weighted by Crippen LogP contribution is -2.55. The second kappa shape index (κ2) is 6.93. The molecule has 0 radical (unpaired) electrons. The van der Waals surface area contributed by atoms with E-state index >= 15 is 0 Å². The number of hydrogen-bond acceptors (Lipinski definition) is 7. The molecule has 0 aliphatic carbocycles. The predicted molar refractivity (Wildman–Crippen MR) is 88.2 cm³/mol. The fraction of sp³-hybridized carbons (Fsp3) is 0.538. The lowest BCUT2D eigenvalue weighted by Gasteiger charge is -2.35. The zero-order valence-corrected chi connectivity index (χ0v) is 14.2. The van der Waals surface area contributed by atoms with Gasteiger partial charge in [-0.25, -0.2) is 13.1 Å². The van der Waals surface area contributed by atoms with Crippen molar-refractivity contribution in [1.29, 1.82) is 0 Å². The Kier molecular flexibility index (Phi) is 5.37. The third kappa shape index (κ3) is 4.49. The van der Waals surface area contributed by atoms with Crippen LogP contribution in [-0.4, -0.2) is 60.1 Å². The molecule has 0 bridgehead atoms. The number of aromatic nitrogens is 1. The molecule has 1 aliphatic rings. The van der Waals surface area contributed by atoms with Gasteiger partial charge >= 0.3 is 5.97 Å². The van der Waals surface area contributed by atoms with Crippen molar-refractivity contribution in [3.05, 3.63) is 28.7 Å². The maximum Gasteiger partial charge on any atom is 0.321 e. The van der Waals surface area contributed by atoms with E-state index in [2.05, 4.69) is 0 Å². The third-order valence-corrected chi connectivity index (χ3v) is 6.42. The van der Waals surface area contributed by atoms with Crippen molar-refractivity contribution < 1.29 is 18.3 Å². The molecule has 2 heterocycles. The number of rotatable bonds is 5. The number of carboxylic acids is 1. The van der Waals surface area contributed by atoms with Gasteiger partial charge in [-0.3, -0.25) is 9.59 Å². The van der Waals surface area contributed by atoms with E-state index in [9.17, 15) is 18.0 Å². The van der Waals surface area contributed by atoms with Gasteiger partial charge in [0.25, 0.3) is 5.56 Å². The fourth-order valence-electron chi connectivity index (χ4n) is 2.31. The summed E-state index contributed by atoms with van der Waals surface area (Å²) in [4.78, 5) is 23.5. The van der Waals surface area contributed by atoms with Crippen molar-refractivity contribution in [2.45, 2.75) is 23.9 Å². The molecule has 10 heteroatoms. The molecule has 0 spiro atoms. The van der Waals surface area contributed by atoms with E-state index in [-0.39, 0.29) is 35.4 Å². The second-order valence-electron chi connectivity index (χ2n) is 5.43. The van der Waals surface area contributed by atoms with Crippen molar-refractivity contribution >= 4 is 27.6 Å². The van der Waals surface area contributed by atoms with Gasteiger partial charge in [0, 0.05) is 29.5 Å². The summed E-state index contributed by atoms with van der Waals surface area (Å²) in [7, 11) is -3.07. The van der Waals surface area contributed by atoms with Crippen molar-refractivity contribution in [1.82, 2.24) is 4.68 Å². The van der Waals surface area contributed by atoms with Gasteiger partial charge in [0.2, 0.25) is 0 Å². The van der Waals surface area contributed by atoms with Crippen LogP contribution in [-0.2, 0) is 14.6 Å². The van der Waals surface area contributed by atoms with Gasteiger partial charge in [-0.05, 0) is 13.0 Å². The highest BCUT2D eigenvalue weighted by molar-refractivity contribution is 7.99. The number of aliphatic carboxylic acids is 1. The molecular weight excluding hydrogens is 342 g/mol. The highest BCUT2D eigenvalue weighted by Crippen LogP contribution is 2.18. The molecule has 8 nitrogen and oxygen atoms in total. The first-order valence-electron chi connectivity index (χ1n) is 7.01. The Morgan fingerprint density at radius 3 is 2.83 bits per heavy atom. The molecule has 23 heavy (non-hydrogen) atoms. The van der Waals surface area contributed by atoms with E-state index in [0.717, 1.165) is 0 Å². The molecule has 3 N–H and O–H groups in total. The van der Waals surface area contributed by atoms with Crippen LogP contribution in [0.15, 0.2) is 28.0 Å². The van der Waals surface area contributed by atoms with E-state index in [1.54, 1.807) is 24.2 Å². The Labute approximate surface area is 138 Å². The van der Waals surface area contributed by atoms with Gasteiger partial charge in [-0.1, -0.05) is 0 Å². The minimum absolute atomic E-state index is 0.000693. The minimum Gasteiger partial charge on any atom is -0.480 e. The molecule has 1 aromatic rings. The minimum atomic E-state index is -3.07. The van der Waals surface area contributed by atoms with Crippen LogP contribution < -0.4 is 16.3 Å². The van der Waals surface area contributed by atoms with Crippen LogP contribution in [0.2, 0.25) is 0 Å². The molecule has 1 unspecified atom stereocenters. The molecular formula is C13H19N3O5S2. The molecule has 1 fully saturated rings. The number of sulfone groups is 1. The maximum absolute atomic E-state index is 12.1. The number of thioether (sulfide) groups is 1. The largest absolute Gasteiger partial charge is 0.480 e. The van der Waals surface area contributed by atoms with Gasteiger partial charge in [0.1, 0.15) is 6.04 Å². The summed E-state index contributed by atoms with van der Waals surface area (Å²) in [6, 6.07) is 1.68. The van der Waals surface area contributed by atoms with E-state index in [1.165, 1.54) is 22.5 Å². The van der Waals surface area contributed by atoms with Gasteiger partial charge < -0.3 is 15.8 Å². The standard InChI is InChI=1S/C13H19N3O5S2/c1-9-8-23(20,21)5-4-15(9)16-6-10(2-3-12(16)17)22-7-11(14)13(18)19/h2-3,6,9,11H,4-5,7-8,14H2,1H3,(H,18,19)/t9?,11-/m0/s1. The third-order valence-electron chi connectivity index (χ3n) is 3.52. The summed E-state index contributed by atoms with van der Waals surface area (Å²) in [6.07, 6.45) is 1.59. The normalized spacial score (nSPS) is 21.8. The molecule has 0 amide bonds. The van der Waals surface area contributed by atoms with Crippen LogP contribution in [0.4, 0.5) is 0 Å². The molecule has 1 saturated heterocycles. The van der Waals surface area contributed by atoms with Crippen LogP contribution in [0, 0.1) is 0 Å². The van der Waals surface area contributed by atoms with Crippen molar-refractivity contribution in [3.63, 3.8) is 0 Å². The average Bonchev–Trinajstić information content (AvgIpc) is 2.45. The summed E-state index contributed by atoms with van der Waals surface area (Å²) >= 11 is 1.23. The molecule has 1 aromatic heterocycles. The van der Waals surface area contributed by atoms with Crippen molar-refractivity contribution in [2.75, 3.05) is 28.8 Å². The summed E-state index contributed by atoms with van der Waals surface area (Å²) < 4.78 is 24.7. The smallest absolute Gasteiger partial charge is 0.321 e. The second-order valence-corrected chi connectivity index (χ2v) is 8.75. The number of nitrogens with two attached hydrogens (primary N) is 1. The van der Waals surface area contributed by atoms with Crippen molar-refractivity contribution in [2.24, 2.45) is 5.73 Å². The van der Waals surface area contributed by atoms with Crippen LogP contribution in [0.25, 0.3) is 0 Å². The number of nitrogens with zero attached hydrogens (tertiary/aromatic N) is 2. The lowest BCUT2D eigenvalue weighted by atomic mass is 10.3. The predicted octanol–water partition coefficient (Wildman–Crippen LogP) is -0.893. The van der Waals surface area contributed by atoms with Crippen LogP contribution in [0.5, 0.6) is 0 Å². The summed E-state index contributed by atoms with van der Waals surface area (Å²) in [5.41, 5.74) is 5.20. The first kappa shape index (κ1) is 17.8. The zero-order chi connectivity index (χ0) is 17.2. The quantitative estimate of drug-likeness (QED) is 0.648. The molecule has 0 saturated carbocycles. The van der Waals surface area contributed by atoms with Gasteiger partial charge in [0.05, 0.1) is 17.5 Å². The number of carbonyl (C=O) groups is 1. The first-order valence-corrected chi connectivity index (χ1v) is 9.81. The lowest BCUT2D eigenvalue weighted by molar-refractivity contribution is -0.137. The van der Waals surface area contributed by atoms with Crippen molar-refractivity contribution in [3.8, 4) is 0 Å². The van der Waals surface area contributed by atoms with E-state index in [0.29, 0.717) is 4.90 Å². The van der Waals surface area contributed by atoms with Crippen LogP contribution in [0.1, 0.15) is 6.92 Å². The fourth-order valence-corrected chi connectivity index (χ4v) is 4.70. The molecule has 0 aromatic carbocycles. The monoisotopic (exact) mass is 361 g/mol. The van der Waals surface area contributed by atoms with E-state index in [4.69, 9.17) is 10.8 Å². The SMILES string of the molecule is CC1CS(=O)(=O)CCN1n1cc(SC[C@H](N)C(=O)O)ccc1=O. The van der Waals surface area contributed by atoms with Gasteiger partial charge in [0.15, 0.2) is 9.84 Å². The first-order chi connectivity index (χ1) is 10.7. The Morgan fingerprint density at radius 2 is 2.22 bits per heavy atom. The highest BCUT2D eigenvalue weighted by Gasteiger charge is 2.29. The molecule has 1 aliphatic heterocycles. The Bertz CT molecular complexity index is 746. The number of hydrogen-bond donors (Lipinski definition) is 2. The average molecular weight is 361 g/mol.